The summed E-state index contributed by atoms with van der Waals surface area (Å²) >= 11 is 0. The van der Waals surface area contributed by atoms with E-state index in [1.807, 2.05) is 26.0 Å². The number of carbonyl (C=O) groups is 2. The smallest absolute Gasteiger partial charge is 0.323 e. The predicted octanol–water partition coefficient (Wildman–Crippen LogP) is 2.89. The number of hydrogen-bond donors (Lipinski definition) is 1. The Kier molecular flexibility index (Phi) is 6.92. The Labute approximate surface area is 126 Å². The SMILES string of the molecule is CCCCc1ccc(CC(=O)N(CC(=O)O)C(C)C)cc1. The van der Waals surface area contributed by atoms with Crippen molar-refractivity contribution in [2.24, 2.45) is 0 Å². The zero-order valence-corrected chi connectivity index (χ0v) is 13.1. The molecule has 0 atom stereocenters. The van der Waals surface area contributed by atoms with Crippen LogP contribution in [0, 0.1) is 0 Å². The first-order valence-corrected chi connectivity index (χ1v) is 7.53. The molecular formula is C17H25NO3. The van der Waals surface area contributed by atoms with E-state index in [9.17, 15) is 9.59 Å². The molecule has 0 saturated heterocycles. The van der Waals surface area contributed by atoms with Gasteiger partial charge in [0.25, 0.3) is 0 Å². The van der Waals surface area contributed by atoms with E-state index in [-0.39, 0.29) is 24.9 Å². The second kappa shape index (κ2) is 8.45. The predicted molar refractivity (Wildman–Crippen MR) is 83.2 cm³/mol. The van der Waals surface area contributed by atoms with Crippen molar-refractivity contribution in [3.8, 4) is 0 Å². The molecule has 0 aromatic heterocycles. The summed E-state index contributed by atoms with van der Waals surface area (Å²) in [5.74, 6) is -1.12. The standard InChI is InChI=1S/C17H25NO3/c1-4-5-6-14-7-9-15(10-8-14)11-16(19)18(13(2)3)12-17(20)21/h7-10,13H,4-6,11-12H2,1-3H3,(H,20,21). The zero-order valence-electron chi connectivity index (χ0n) is 13.1. The number of aliphatic carboxylic acids is 1. The normalized spacial score (nSPS) is 10.7. The van der Waals surface area contributed by atoms with Crippen LogP contribution in [0.15, 0.2) is 24.3 Å². The highest BCUT2D eigenvalue weighted by Gasteiger charge is 2.19. The molecule has 1 rings (SSSR count). The molecule has 0 unspecified atom stereocenters. The van der Waals surface area contributed by atoms with Gasteiger partial charge < -0.3 is 10.0 Å². The number of nitrogens with zero attached hydrogens (tertiary/aromatic N) is 1. The fourth-order valence-corrected chi connectivity index (χ4v) is 2.19. The van der Waals surface area contributed by atoms with Gasteiger partial charge >= 0.3 is 5.97 Å². The van der Waals surface area contributed by atoms with Gasteiger partial charge in [-0.25, -0.2) is 0 Å². The summed E-state index contributed by atoms with van der Waals surface area (Å²) < 4.78 is 0. The van der Waals surface area contributed by atoms with Crippen LogP contribution in [0.1, 0.15) is 44.7 Å². The number of carboxylic acid groups (broad SMARTS) is 1. The molecule has 0 aliphatic rings. The van der Waals surface area contributed by atoms with Crippen LogP contribution in [0.5, 0.6) is 0 Å². The van der Waals surface area contributed by atoms with Crippen molar-refractivity contribution in [3.05, 3.63) is 35.4 Å². The molecule has 0 heterocycles. The maximum absolute atomic E-state index is 12.2. The van der Waals surface area contributed by atoms with Gasteiger partial charge in [0.05, 0.1) is 6.42 Å². The minimum atomic E-state index is -0.980. The molecule has 21 heavy (non-hydrogen) atoms. The molecule has 1 amide bonds. The van der Waals surface area contributed by atoms with Crippen LogP contribution < -0.4 is 0 Å². The Hall–Kier alpha value is -1.84. The summed E-state index contributed by atoms with van der Waals surface area (Å²) in [6, 6.07) is 7.91. The highest BCUT2D eigenvalue weighted by Crippen LogP contribution is 2.10. The van der Waals surface area contributed by atoms with Crippen molar-refractivity contribution >= 4 is 11.9 Å². The highest BCUT2D eigenvalue weighted by atomic mass is 16.4. The topological polar surface area (TPSA) is 57.6 Å². The monoisotopic (exact) mass is 291 g/mol. The molecular weight excluding hydrogens is 266 g/mol. The Morgan fingerprint density at radius 2 is 1.71 bits per heavy atom. The molecule has 0 aliphatic heterocycles. The summed E-state index contributed by atoms with van der Waals surface area (Å²) in [6.07, 6.45) is 3.64. The summed E-state index contributed by atoms with van der Waals surface area (Å²) in [6.45, 7) is 5.57. The molecule has 4 heteroatoms. The second-order valence-corrected chi connectivity index (χ2v) is 5.61. The van der Waals surface area contributed by atoms with E-state index in [1.165, 1.54) is 16.9 Å². The molecule has 1 N–H and O–H groups in total. The van der Waals surface area contributed by atoms with E-state index in [0.29, 0.717) is 0 Å². The van der Waals surface area contributed by atoms with Crippen molar-refractivity contribution < 1.29 is 14.7 Å². The van der Waals surface area contributed by atoms with Crippen LogP contribution in [-0.4, -0.2) is 34.5 Å². The lowest BCUT2D eigenvalue weighted by Crippen LogP contribution is -2.41. The number of rotatable bonds is 8. The summed E-state index contributed by atoms with van der Waals surface area (Å²) in [4.78, 5) is 24.4. The quantitative estimate of drug-likeness (QED) is 0.801. The Morgan fingerprint density at radius 3 is 2.19 bits per heavy atom. The number of hydrogen-bond acceptors (Lipinski definition) is 2. The lowest BCUT2D eigenvalue weighted by Gasteiger charge is -2.25. The van der Waals surface area contributed by atoms with E-state index in [0.717, 1.165) is 18.4 Å². The van der Waals surface area contributed by atoms with Crippen LogP contribution in [-0.2, 0) is 22.4 Å². The Morgan fingerprint density at radius 1 is 1.14 bits per heavy atom. The number of aryl methyl sites for hydroxylation is 1. The summed E-state index contributed by atoms with van der Waals surface area (Å²) in [7, 11) is 0. The Balaban J connectivity index is 2.66. The highest BCUT2D eigenvalue weighted by molar-refractivity contribution is 5.83. The fourth-order valence-electron chi connectivity index (χ4n) is 2.19. The van der Waals surface area contributed by atoms with Crippen molar-refractivity contribution in [1.29, 1.82) is 0 Å². The van der Waals surface area contributed by atoms with E-state index < -0.39 is 5.97 Å². The maximum atomic E-state index is 12.2. The fraction of sp³-hybridized carbons (Fsp3) is 0.529. The molecule has 0 bridgehead atoms. The van der Waals surface area contributed by atoms with Crippen molar-refractivity contribution in [2.45, 2.75) is 52.5 Å². The van der Waals surface area contributed by atoms with E-state index >= 15 is 0 Å². The molecule has 0 radical (unpaired) electrons. The summed E-state index contributed by atoms with van der Waals surface area (Å²) in [5.41, 5.74) is 2.20. The second-order valence-electron chi connectivity index (χ2n) is 5.61. The van der Waals surface area contributed by atoms with Gasteiger partial charge in [-0.05, 0) is 37.8 Å². The van der Waals surface area contributed by atoms with Crippen LogP contribution in [0.4, 0.5) is 0 Å². The van der Waals surface area contributed by atoms with Gasteiger partial charge in [0.2, 0.25) is 5.91 Å². The molecule has 0 saturated carbocycles. The number of carbonyl (C=O) groups excluding carboxylic acids is 1. The van der Waals surface area contributed by atoms with Gasteiger partial charge in [-0.3, -0.25) is 9.59 Å². The van der Waals surface area contributed by atoms with Gasteiger partial charge in [-0.2, -0.15) is 0 Å². The molecule has 4 nitrogen and oxygen atoms in total. The lowest BCUT2D eigenvalue weighted by atomic mass is 10.0. The van der Waals surface area contributed by atoms with Crippen LogP contribution in [0.25, 0.3) is 0 Å². The van der Waals surface area contributed by atoms with Crippen LogP contribution in [0.2, 0.25) is 0 Å². The van der Waals surface area contributed by atoms with Crippen LogP contribution >= 0.6 is 0 Å². The van der Waals surface area contributed by atoms with Gasteiger partial charge in [-0.15, -0.1) is 0 Å². The average Bonchev–Trinajstić information content (AvgIpc) is 2.43. The lowest BCUT2D eigenvalue weighted by molar-refractivity contribution is -0.145. The molecule has 116 valence electrons. The first-order valence-electron chi connectivity index (χ1n) is 7.53. The van der Waals surface area contributed by atoms with Gasteiger partial charge in [-0.1, -0.05) is 37.6 Å². The number of amides is 1. The number of carboxylic acids is 1. The van der Waals surface area contributed by atoms with E-state index in [2.05, 4.69) is 19.1 Å². The van der Waals surface area contributed by atoms with E-state index in [1.54, 1.807) is 0 Å². The first-order chi connectivity index (χ1) is 9.93. The first kappa shape index (κ1) is 17.2. The third-order valence-corrected chi connectivity index (χ3v) is 3.45. The third kappa shape index (κ3) is 5.98. The van der Waals surface area contributed by atoms with Gasteiger partial charge in [0.1, 0.15) is 6.54 Å². The van der Waals surface area contributed by atoms with Crippen LogP contribution in [0.3, 0.4) is 0 Å². The maximum Gasteiger partial charge on any atom is 0.323 e. The molecule has 0 spiro atoms. The molecule has 1 aromatic carbocycles. The van der Waals surface area contributed by atoms with E-state index in [4.69, 9.17) is 5.11 Å². The molecule has 1 aromatic rings. The van der Waals surface area contributed by atoms with Crippen molar-refractivity contribution in [1.82, 2.24) is 4.90 Å². The third-order valence-electron chi connectivity index (χ3n) is 3.45. The summed E-state index contributed by atoms with van der Waals surface area (Å²) in [5, 5.41) is 8.87. The molecule has 0 aliphatic carbocycles. The largest absolute Gasteiger partial charge is 0.480 e. The number of unbranched alkanes of at least 4 members (excludes halogenated alkanes) is 1. The Bertz CT molecular complexity index is 465. The number of benzene rings is 1. The molecule has 0 fully saturated rings. The average molecular weight is 291 g/mol. The van der Waals surface area contributed by atoms with Crippen molar-refractivity contribution in [2.75, 3.05) is 6.54 Å². The van der Waals surface area contributed by atoms with Gasteiger partial charge in [0.15, 0.2) is 0 Å². The minimum Gasteiger partial charge on any atom is -0.480 e. The minimum absolute atomic E-state index is 0.113. The zero-order chi connectivity index (χ0) is 15.8. The van der Waals surface area contributed by atoms with Gasteiger partial charge in [0, 0.05) is 6.04 Å². The van der Waals surface area contributed by atoms with Crippen molar-refractivity contribution in [3.63, 3.8) is 0 Å².